The molecule has 0 fully saturated rings. The zero-order valence-corrected chi connectivity index (χ0v) is 26.6. The Hall–Kier alpha value is -6.44. The number of hydrogen-bond donors (Lipinski definition) is 0. The molecule has 226 valence electrons. The smallest absolute Gasteiger partial charge is 0.135 e. The first-order chi connectivity index (χ1) is 24.3. The van der Waals surface area contributed by atoms with Gasteiger partial charge in [-0.05, 0) is 124 Å². The van der Waals surface area contributed by atoms with E-state index in [0.29, 0.717) is 0 Å². The van der Waals surface area contributed by atoms with Crippen molar-refractivity contribution < 1.29 is 4.42 Å². The molecule has 0 bridgehead atoms. The second-order valence-electron chi connectivity index (χ2n) is 13.2. The van der Waals surface area contributed by atoms with Gasteiger partial charge < -0.3 is 4.42 Å². The third-order valence-electron chi connectivity index (χ3n) is 10.6. The van der Waals surface area contributed by atoms with Crippen LogP contribution < -0.4 is 0 Å². The van der Waals surface area contributed by atoms with Gasteiger partial charge in [0.25, 0.3) is 0 Å². The Morgan fingerprint density at radius 1 is 0.224 bits per heavy atom. The summed E-state index contributed by atoms with van der Waals surface area (Å²) in [6.07, 6.45) is 0. The average molecular weight is 621 g/mol. The SMILES string of the molecule is c1ccc2c(c1)-c1ccccc1-c1cc3c4ccccc4c4ccccc4c3cc1-c1cc(-c3ccc4oc5ccccc5c4c3)ccc1-2. The highest BCUT2D eigenvalue weighted by atomic mass is 16.3. The Morgan fingerprint density at radius 2 is 0.612 bits per heavy atom. The predicted molar refractivity (Wildman–Crippen MR) is 207 cm³/mol. The minimum Gasteiger partial charge on any atom is -0.456 e. The zero-order valence-electron chi connectivity index (χ0n) is 26.6. The fourth-order valence-electron chi connectivity index (χ4n) is 8.39. The maximum absolute atomic E-state index is 6.19. The molecule has 0 spiro atoms. The number of rotatable bonds is 1. The molecule has 0 saturated heterocycles. The highest BCUT2D eigenvalue weighted by molar-refractivity contribution is 6.27. The third-order valence-corrected chi connectivity index (χ3v) is 10.6. The number of benzene rings is 9. The van der Waals surface area contributed by atoms with Crippen LogP contribution in [0, 0.1) is 0 Å². The van der Waals surface area contributed by atoms with Crippen LogP contribution >= 0.6 is 0 Å². The molecule has 1 aliphatic rings. The fourth-order valence-corrected chi connectivity index (χ4v) is 8.39. The lowest BCUT2D eigenvalue weighted by atomic mass is 9.78. The van der Waals surface area contributed by atoms with Gasteiger partial charge in [0.15, 0.2) is 0 Å². The molecule has 1 aliphatic carbocycles. The van der Waals surface area contributed by atoms with Crippen LogP contribution in [0.3, 0.4) is 0 Å². The molecule has 11 rings (SSSR count). The average Bonchev–Trinajstić information content (AvgIpc) is 3.55. The van der Waals surface area contributed by atoms with Crippen LogP contribution in [0.15, 0.2) is 174 Å². The molecule has 1 nitrogen and oxygen atoms in total. The Labute approximate surface area is 283 Å². The Kier molecular flexibility index (Phi) is 5.45. The van der Waals surface area contributed by atoms with Crippen LogP contribution in [-0.2, 0) is 0 Å². The van der Waals surface area contributed by atoms with Gasteiger partial charge in [0.2, 0.25) is 0 Å². The summed E-state index contributed by atoms with van der Waals surface area (Å²) >= 11 is 0. The maximum Gasteiger partial charge on any atom is 0.135 e. The summed E-state index contributed by atoms with van der Waals surface area (Å²) in [6.45, 7) is 0. The van der Waals surface area contributed by atoms with Gasteiger partial charge in [-0.1, -0.05) is 133 Å². The first-order valence-electron chi connectivity index (χ1n) is 16.9. The molecule has 1 aromatic heterocycles. The van der Waals surface area contributed by atoms with E-state index in [-0.39, 0.29) is 0 Å². The third kappa shape index (κ3) is 3.82. The lowest BCUT2D eigenvalue weighted by Gasteiger charge is -2.25. The number of para-hydroxylation sites is 1. The molecule has 0 unspecified atom stereocenters. The fraction of sp³-hybridized carbons (Fsp3) is 0. The van der Waals surface area contributed by atoms with Gasteiger partial charge in [0.05, 0.1) is 0 Å². The molecule has 0 radical (unpaired) electrons. The molecule has 0 saturated carbocycles. The maximum atomic E-state index is 6.19. The minimum absolute atomic E-state index is 0.914. The van der Waals surface area contributed by atoms with Crippen molar-refractivity contribution in [2.75, 3.05) is 0 Å². The van der Waals surface area contributed by atoms with Gasteiger partial charge in [-0.25, -0.2) is 0 Å². The van der Waals surface area contributed by atoms with Crippen molar-refractivity contribution in [3.05, 3.63) is 170 Å². The normalized spacial score (nSPS) is 12.1. The highest BCUT2D eigenvalue weighted by Gasteiger charge is 2.24. The van der Waals surface area contributed by atoms with E-state index in [9.17, 15) is 0 Å². The van der Waals surface area contributed by atoms with Crippen molar-refractivity contribution in [3.63, 3.8) is 0 Å². The number of furan rings is 1. The topological polar surface area (TPSA) is 13.1 Å². The van der Waals surface area contributed by atoms with Crippen molar-refractivity contribution in [2.24, 2.45) is 0 Å². The van der Waals surface area contributed by atoms with E-state index >= 15 is 0 Å². The number of hydrogen-bond acceptors (Lipinski definition) is 1. The summed E-state index contributed by atoms with van der Waals surface area (Å²) in [6, 6.07) is 62.4. The summed E-state index contributed by atoms with van der Waals surface area (Å²) in [4.78, 5) is 0. The van der Waals surface area contributed by atoms with Gasteiger partial charge in [-0.2, -0.15) is 0 Å². The molecule has 1 heterocycles. The summed E-state index contributed by atoms with van der Waals surface area (Å²) in [5.41, 5.74) is 14.2. The molecule has 9 aromatic carbocycles. The molecule has 0 atom stereocenters. The second kappa shape index (κ2) is 10.0. The zero-order chi connectivity index (χ0) is 32.1. The molecule has 1 heteroatoms. The quantitative estimate of drug-likeness (QED) is 0.166. The van der Waals surface area contributed by atoms with Crippen molar-refractivity contribution in [1.29, 1.82) is 0 Å². The van der Waals surface area contributed by atoms with Crippen LogP contribution in [0.2, 0.25) is 0 Å². The van der Waals surface area contributed by atoms with Gasteiger partial charge in [0.1, 0.15) is 11.2 Å². The molecule has 0 amide bonds. The number of fused-ring (bicyclic) bond motifs is 17. The second-order valence-corrected chi connectivity index (χ2v) is 13.2. The molecule has 0 aliphatic heterocycles. The lowest BCUT2D eigenvalue weighted by Crippen LogP contribution is -1.98. The van der Waals surface area contributed by atoms with E-state index in [0.717, 1.165) is 21.9 Å². The first kappa shape index (κ1) is 26.6. The van der Waals surface area contributed by atoms with E-state index in [1.54, 1.807) is 0 Å². The van der Waals surface area contributed by atoms with E-state index in [1.807, 2.05) is 12.1 Å². The van der Waals surface area contributed by atoms with E-state index < -0.39 is 0 Å². The van der Waals surface area contributed by atoms with Crippen LogP contribution in [-0.4, -0.2) is 0 Å². The van der Waals surface area contributed by atoms with E-state index in [2.05, 4.69) is 158 Å². The molecular formula is C48H28O. The standard InChI is InChI=1S/C48H28O/c1-2-15-35-31(11-1)32-12-3-8-18-38(32)44-27-42-36-16-6-4-13-33(36)34-14-5-7-17-37(34)43(42)28-45(44)41-25-29(21-23-39(35)41)30-22-24-48-46(26-30)40-19-9-10-20-47(40)49-48/h1-28H. The minimum atomic E-state index is 0.914. The van der Waals surface area contributed by atoms with Gasteiger partial charge in [-0.3, -0.25) is 0 Å². The summed E-state index contributed by atoms with van der Waals surface area (Å²) < 4.78 is 6.19. The molecule has 49 heavy (non-hydrogen) atoms. The van der Waals surface area contributed by atoms with Crippen molar-refractivity contribution in [1.82, 2.24) is 0 Å². The van der Waals surface area contributed by atoms with Gasteiger partial charge >= 0.3 is 0 Å². The van der Waals surface area contributed by atoms with Gasteiger partial charge in [0, 0.05) is 10.8 Å². The first-order valence-corrected chi connectivity index (χ1v) is 16.9. The molecular weight excluding hydrogens is 593 g/mol. The van der Waals surface area contributed by atoms with Crippen LogP contribution in [0.5, 0.6) is 0 Å². The van der Waals surface area contributed by atoms with Crippen LogP contribution in [0.4, 0.5) is 0 Å². The molecule has 10 aromatic rings. The van der Waals surface area contributed by atoms with E-state index in [4.69, 9.17) is 4.42 Å². The summed E-state index contributed by atoms with van der Waals surface area (Å²) in [5.74, 6) is 0. The Morgan fingerprint density at radius 3 is 1.22 bits per heavy atom. The Bertz CT molecular complexity index is 2990. The highest BCUT2D eigenvalue weighted by Crippen LogP contribution is 2.51. The van der Waals surface area contributed by atoms with Crippen molar-refractivity contribution in [2.45, 2.75) is 0 Å². The van der Waals surface area contributed by atoms with Gasteiger partial charge in [-0.15, -0.1) is 0 Å². The van der Waals surface area contributed by atoms with Crippen LogP contribution in [0.1, 0.15) is 0 Å². The van der Waals surface area contributed by atoms with Crippen LogP contribution in [0.25, 0.3) is 110 Å². The monoisotopic (exact) mass is 620 g/mol. The largest absolute Gasteiger partial charge is 0.456 e. The van der Waals surface area contributed by atoms with Crippen molar-refractivity contribution in [3.8, 4) is 55.6 Å². The van der Waals surface area contributed by atoms with E-state index in [1.165, 1.54) is 88.0 Å². The summed E-state index contributed by atoms with van der Waals surface area (Å²) in [5, 5.41) is 10.00. The van der Waals surface area contributed by atoms with Crippen molar-refractivity contribution >= 4 is 54.3 Å². The molecule has 0 N–H and O–H groups in total. The predicted octanol–water partition coefficient (Wildman–Crippen LogP) is 13.7. The summed E-state index contributed by atoms with van der Waals surface area (Å²) in [7, 11) is 0. The Balaban J connectivity index is 1.27. The lowest BCUT2D eigenvalue weighted by molar-refractivity contribution is 0.669.